The van der Waals surface area contributed by atoms with Crippen molar-refractivity contribution in [2.45, 2.75) is 26.8 Å². The molecule has 0 radical (unpaired) electrons. The summed E-state index contributed by atoms with van der Waals surface area (Å²) in [7, 11) is 0. The van der Waals surface area contributed by atoms with Crippen molar-refractivity contribution in [1.29, 1.82) is 0 Å². The summed E-state index contributed by atoms with van der Waals surface area (Å²) < 4.78 is 5.57. The summed E-state index contributed by atoms with van der Waals surface area (Å²) >= 11 is 0. The van der Waals surface area contributed by atoms with E-state index in [2.05, 4.69) is 10.3 Å². The Hall–Kier alpha value is -2.36. The fourth-order valence-electron chi connectivity index (χ4n) is 2.12. The van der Waals surface area contributed by atoms with Gasteiger partial charge in [-0.1, -0.05) is 17.7 Å². The maximum Gasteiger partial charge on any atom is 0.258 e. The van der Waals surface area contributed by atoms with Gasteiger partial charge in [0.15, 0.2) is 6.61 Å². The molecule has 110 valence electrons. The van der Waals surface area contributed by atoms with Crippen LogP contribution in [-0.2, 0) is 4.79 Å². The summed E-state index contributed by atoms with van der Waals surface area (Å²) in [5.41, 5.74) is 3.23. The minimum absolute atomic E-state index is 0.0132. The normalized spacial score (nSPS) is 11.8. The van der Waals surface area contributed by atoms with E-state index in [4.69, 9.17) is 4.74 Å². The lowest BCUT2D eigenvalue weighted by Crippen LogP contribution is -2.31. The average Bonchev–Trinajstić information content (AvgIpc) is 2.47. The van der Waals surface area contributed by atoms with Crippen molar-refractivity contribution >= 4 is 5.91 Å². The number of hydrogen-bond acceptors (Lipinski definition) is 3. The van der Waals surface area contributed by atoms with E-state index in [0.29, 0.717) is 0 Å². The fourth-order valence-corrected chi connectivity index (χ4v) is 2.12. The number of nitrogens with one attached hydrogen (secondary N) is 1. The van der Waals surface area contributed by atoms with Crippen LogP contribution >= 0.6 is 0 Å². The molecule has 0 aliphatic heterocycles. The summed E-state index contributed by atoms with van der Waals surface area (Å²) in [5.74, 6) is 0.603. The Morgan fingerprint density at radius 2 is 1.95 bits per heavy atom. The zero-order valence-corrected chi connectivity index (χ0v) is 12.6. The Morgan fingerprint density at radius 3 is 2.62 bits per heavy atom. The van der Waals surface area contributed by atoms with Gasteiger partial charge >= 0.3 is 0 Å². The van der Waals surface area contributed by atoms with Gasteiger partial charge in [0.1, 0.15) is 5.75 Å². The van der Waals surface area contributed by atoms with E-state index >= 15 is 0 Å². The molecule has 2 aromatic rings. The third-order valence-electron chi connectivity index (χ3n) is 3.27. The van der Waals surface area contributed by atoms with Gasteiger partial charge < -0.3 is 10.1 Å². The molecule has 0 saturated heterocycles. The highest BCUT2D eigenvalue weighted by Gasteiger charge is 2.10. The minimum Gasteiger partial charge on any atom is -0.484 e. The summed E-state index contributed by atoms with van der Waals surface area (Å²) in [6, 6.07) is 9.60. The molecule has 1 heterocycles. The monoisotopic (exact) mass is 284 g/mol. The Balaban J connectivity index is 1.87. The quantitative estimate of drug-likeness (QED) is 0.918. The van der Waals surface area contributed by atoms with Gasteiger partial charge in [-0.2, -0.15) is 0 Å². The minimum atomic E-state index is -0.140. The molecule has 0 bridgehead atoms. The van der Waals surface area contributed by atoms with Crippen LogP contribution in [0.25, 0.3) is 0 Å². The smallest absolute Gasteiger partial charge is 0.258 e. The van der Waals surface area contributed by atoms with Crippen molar-refractivity contribution < 1.29 is 9.53 Å². The zero-order valence-electron chi connectivity index (χ0n) is 12.6. The lowest BCUT2D eigenvalue weighted by Gasteiger charge is -2.15. The first-order chi connectivity index (χ1) is 10.1. The second kappa shape index (κ2) is 6.88. The Morgan fingerprint density at radius 1 is 1.24 bits per heavy atom. The molecule has 0 aliphatic rings. The van der Waals surface area contributed by atoms with Crippen molar-refractivity contribution in [2.75, 3.05) is 6.61 Å². The van der Waals surface area contributed by atoms with E-state index in [-0.39, 0.29) is 18.6 Å². The number of ether oxygens (including phenoxy) is 1. The topological polar surface area (TPSA) is 51.2 Å². The van der Waals surface area contributed by atoms with Crippen LogP contribution in [0, 0.1) is 13.8 Å². The standard InChI is InChI=1S/C17H20N2O2/c1-12-4-5-16(13(2)10-12)21-11-17(20)19-14(3)15-6-8-18-9-7-15/h4-10,14H,11H2,1-3H3,(H,19,20). The lowest BCUT2D eigenvalue weighted by molar-refractivity contribution is -0.123. The number of carbonyl (C=O) groups is 1. The van der Waals surface area contributed by atoms with Gasteiger partial charge in [-0.3, -0.25) is 9.78 Å². The second-order valence-electron chi connectivity index (χ2n) is 5.13. The van der Waals surface area contributed by atoms with E-state index in [0.717, 1.165) is 16.9 Å². The molecule has 2 rings (SSSR count). The molecule has 1 unspecified atom stereocenters. The maximum atomic E-state index is 11.9. The van der Waals surface area contributed by atoms with Crippen LogP contribution in [-0.4, -0.2) is 17.5 Å². The molecular weight excluding hydrogens is 264 g/mol. The van der Waals surface area contributed by atoms with Crippen molar-refractivity contribution in [3.8, 4) is 5.75 Å². The first-order valence-electron chi connectivity index (χ1n) is 6.95. The molecule has 1 N–H and O–H groups in total. The molecule has 0 saturated carbocycles. The Kier molecular flexibility index (Phi) is 4.93. The van der Waals surface area contributed by atoms with Gasteiger partial charge in [-0.05, 0) is 50.1 Å². The maximum absolute atomic E-state index is 11.9. The van der Waals surface area contributed by atoms with Gasteiger partial charge in [0.05, 0.1) is 6.04 Å². The summed E-state index contributed by atoms with van der Waals surface area (Å²) in [5, 5.41) is 2.91. The first kappa shape index (κ1) is 15.0. The van der Waals surface area contributed by atoms with Gasteiger partial charge in [0.25, 0.3) is 5.91 Å². The molecule has 1 aromatic heterocycles. The molecule has 4 nitrogen and oxygen atoms in total. The molecule has 4 heteroatoms. The van der Waals surface area contributed by atoms with Crippen LogP contribution in [0.3, 0.4) is 0 Å². The molecular formula is C17H20N2O2. The number of hydrogen-bond donors (Lipinski definition) is 1. The highest BCUT2D eigenvalue weighted by atomic mass is 16.5. The van der Waals surface area contributed by atoms with Crippen LogP contribution in [0.2, 0.25) is 0 Å². The number of nitrogens with zero attached hydrogens (tertiary/aromatic N) is 1. The zero-order chi connectivity index (χ0) is 15.2. The van der Waals surface area contributed by atoms with E-state index in [1.165, 1.54) is 5.56 Å². The van der Waals surface area contributed by atoms with Crippen LogP contribution in [0.4, 0.5) is 0 Å². The van der Waals surface area contributed by atoms with E-state index < -0.39 is 0 Å². The summed E-state index contributed by atoms with van der Waals surface area (Å²) in [4.78, 5) is 15.9. The van der Waals surface area contributed by atoms with Crippen molar-refractivity contribution in [1.82, 2.24) is 10.3 Å². The fraction of sp³-hybridized carbons (Fsp3) is 0.294. The number of benzene rings is 1. The van der Waals surface area contributed by atoms with Gasteiger partial charge in [-0.25, -0.2) is 0 Å². The van der Waals surface area contributed by atoms with Crippen molar-refractivity contribution in [3.05, 3.63) is 59.4 Å². The highest BCUT2D eigenvalue weighted by molar-refractivity contribution is 5.78. The van der Waals surface area contributed by atoms with Gasteiger partial charge in [-0.15, -0.1) is 0 Å². The number of aryl methyl sites for hydroxylation is 2. The van der Waals surface area contributed by atoms with Crippen LogP contribution in [0.1, 0.15) is 29.7 Å². The van der Waals surface area contributed by atoms with Crippen LogP contribution in [0.5, 0.6) is 5.75 Å². The molecule has 1 aromatic carbocycles. The number of rotatable bonds is 5. The van der Waals surface area contributed by atoms with Crippen LogP contribution in [0.15, 0.2) is 42.7 Å². The van der Waals surface area contributed by atoms with E-state index in [1.807, 2.05) is 51.1 Å². The third kappa shape index (κ3) is 4.31. The number of pyridine rings is 1. The average molecular weight is 284 g/mol. The molecule has 0 aliphatic carbocycles. The molecule has 0 fully saturated rings. The predicted octanol–water partition coefficient (Wildman–Crippen LogP) is 2.95. The molecule has 1 atom stereocenters. The van der Waals surface area contributed by atoms with E-state index in [9.17, 15) is 4.79 Å². The number of aromatic nitrogens is 1. The van der Waals surface area contributed by atoms with Gasteiger partial charge in [0.2, 0.25) is 0 Å². The Bertz CT molecular complexity index is 611. The highest BCUT2D eigenvalue weighted by Crippen LogP contribution is 2.18. The third-order valence-corrected chi connectivity index (χ3v) is 3.27. The largest absolute Gasteiger partial charge is 0.484 e. The molecule has 1 amide bonds. The summed E-state index contributed by atoms with van der Waals surface area (Å²) in [6.45, 7) is 5.95. The SMILES string of the molecule is Cc1ccc(OCC(=O)NC(C)c2ccncc2)c(C)c1. The van der Waals surface area contributed by atoms with Gasteiger partial charge in [0, 0.05) is 12.4 Å². The summed E-state index contributed by atoms with van der Waals surface area (Å²) in [6.07, 6.45) is 3.42. The second-order valence-corrected chi connectivity index (χ2v) is 5.13. The molecule has 0 spiro atoms. The van der Waals surface area contributed by atoms with Crippen molar-refractivity contribution in [3.63, 3.8) is 0 Å². The first-order valence-corrected chi connectivity index (χ1v) is 6.95. The predicted molar refractivity (Wildman–Crippen MR) is 82.2 cm³/mol. The Labute approximate surface area is 125 Å². The van der Waals surface area contributed by atoms with E-state index in [1.54, 1.807) is 12.4 Å². The van der Waals surface area contributed by atoms with Crippen LogP contribution < -0.4 is 10.1 Å². The van der Waals surface area contributed by atoms with Crippen molar-refractivity contribution in [2.24, 2.45) is 0 Å². The number of carbonyl (C=O) groups excluding carboxylic acids is 1. The lowest BCUT2D eigenvalue weighted by atomic mass is 10.1. The molecule has 21 heavy (non-hydrogen) atoms. The number of amides is 1.